The maximum atomic E-state index is 12.2. The zero-order valence-corrected chi connectivity index (χ0v) is 17.2. The van der Waals surface area contributed by atoms with Crippen molar-refractivity contribution in [1.82, 2.24) is 5.32 Å². The summed E-state index contributed by atoms with van der Waals surface area (Å²) >= 11 is 0. The molecule has 3 N–H and O–H groups in total. The summed E-state index contributed by atoms with van der Waals surface area (Å²) in [7, 11) is 2.93. The highest BCUT2D eigenvalue weighted by molar-refractivity contribution is 5.96. The molecule has 0 radical (unpaired) electrons. The van der Waals surface area contributed by atoms with Gasteiger partial charge in [0.25, 0.3) is 0 Å². The summed E-state index contributed by atoms with van der Waals surface area (Å²) in [5, 5.41) is 2.90. The third-order valence-corrected chi connectivity index (χ3v) is 5.19. The molecule has 0 bridgehead atoms. The highest BCUT2D eigenvalue weighted by atomic mass is 16.5. The zero-order valence-electron chi connectivity index (χ0n) is 17.2. The molecule has 3 rings (SSSR count). The second-order valence-electron chi connectivity index (χ2n) is 7.08. The summed E-state index contributed by atoms with van der Waals surface area (Å²) in [4.78, 5) is 26.2. The van der Waals surface area contributed by atoms with Gasteiger partial charge in [0.15, 0.2) is 0 Å². The summed E-state index contributed by atoms with van der Waals surface area (Å²) in [6.45, 7) is 1.43. The number of nitrogen functional groups attached to an aromatic ring is 1. The van der Waals surface area contributed by atoms with Crippen molar-refractivity contribution >= 4 is 23.4 Å². The molecule has 1 aliphatic heterocycles. The Hall–Kier alpha value is -3.26. The molecule has 8 heteroatoms. The van der Waals surface area contributed by atoms with Gasteiger partial charge in [0, 0.05) is 31.6 Å². The number of hydrogen-bond acceptors (Lipinski definition) is 7. The number of esters is 1. The van der Waals surface area contributed by atoms with E-state index in [-0.39, 0.29) is 18.8 Å². The number of amides is 1. The van der Waals surface area contributed by atoms with Crippen LogP contribution in [-0.4, -0.2) is 51.5 Å². The summed E-state index contributed by atoms with van der Waals surface area (Å²) in [5.74, 6) is -0.477. The van der Waals surface area contributed by atoms with E-state index in [1.165, 1.54) is 7.11 Å². The smallest absolute Gasteiger partial charge is 0.407 e. The average molecular weight is 413 g/mol. The maximum absolute atomic E-state index is 12.2. The number of alkyl carbamates (subject to hydrolysis) is 1. The van der Waals surface area contributed by atoms with Crippen molar-refractivity contribution in [2.24, 2.45) is 0 Å². The fourth-order valence-corrected chi connectivity index (χ4v) is 3.50. The monoisotopic (exact) mass is 413 g/mol. The van der Waals surface area contributed by atoms with Gasteiger partial charge >= 0.3 is 12.1 Å². The molecule has 0 aromatic heterocycles. The number of nitrogens with zero attached hydrogens (tertiary/aromatic N) is 1. The van der Waals surface area contributed by atoms with Gasteiger partial charge in [0.1, 0.15) is 6.61 Å². The third kappa shape index (κ3) is 5.21. The Morgan fingerprint density at radius 3 is 2.63 bits per heavy atom. The molecule has 0 aliphatic carbocycles. The Balaban J connectivity index is 1.59. The molecule has 160 valence electrons. The molecule has 30 heavy (non-hydrogen) atoms. The first-order chi connectivity index (χ1) is 14.5. The highest BCUT2D eigenvalue weighted by Gasteiger charge is 2.31. The van der Waals surface area contributed by atoms with E-state index in [4.69, 9.17) is 19.9 Å². The van der Waals surface area contributed by atoms with E-state index >= 15 is 0 Å². The normalized spacial score (nSPS) is 18.5. The van der Waals surface area contributed by atoms with Crippen molar-refractivity contribution in [3.05, 3.63) is 59.7 Å². The number of benzene rings is 2. The van der Waals surface area contributed by atoms with Crippen LogP contribution in [0.3, 0.4) is 0 Å². The fraction of sp³-hybridized carbons (Fsp3) is 0.364. The van der Waals surface area contributed by atoms with Crippen molar-refractivity contribution in [1.29, 1.82) is 0 Å². The predicted octanol–water partition coefficient (Wildman–Crippen LogP) is 2.58. The van der Waals surface area contributed by atoms with Gasteiger partial charge in [-0.25, -0.2) is 9.59 Å². The maximum Gasteiger partial charge on any atom is 0.407 e. The Labute approximate surface area is 175 Å². The number of rotatable bonds is 6. The van der Waals surface area contributed by atoms with E-state index in [0.717, 1.165) is 11.3 Å². The molecular weight excluding hydrogens is 386 g/mol. The molecular formula is C22H27N3O5. The van der Waals surface area contributed by atoms with E-state index in [1.807, 2.05) is 36.4 Å². The van der Waals surface area contributed by atoms with Gasteiger partial charge in [-0.05, 0) is 30.2 Å². The number of nitrogens with two attached hydrogens (primary N) is 1. The molecule has 1 heterocycles. The van der Waals surface area contributed by atoms with Crippen LogP contribution in [0.4, 0.5) is 16.2 Å². The summed E-state index contributed by atoms with van der Waals surface area (Å²) in [6.07, 6.45) is -0.0429. The molecule has 2 unspecified atom stereocenters. The van der Waals surface area contributed by atoms with E-state index < -0.39 is 12.1 Å². The first kappa shape index (κ1) is 21.4. The number of carbonyl (C=O) groups excluding carboxylic acids is 2. The summed E-state index contributed by atoms with van der Waals surface area (Å²) in [5.41, 5.74) is 8.36. The number of hydrogen-bond donors (Lipinski definition) is 2. The first-order valence-corrected chi connectivity index (χ1v) is 9.74. The topological polar surface area (TPSA) is 103 Å². The minimum Gasteiger partial charge on any atom is -0.465 e. The van der Waals surface area contributed by atoms with E-state index in [2.05, 4.69) is 10.2 Å². The molecule has 0 saturated carbocycles. The third-order valence-electron chi connectivity index (χ3n) is 5.19. The predicted molar refractivity (Wildman–Crippen MR) is 113 cm³/mol. The molecule has 2 aromatic carbocycles. The van der Waals surface area contributed by atoms with Crippen molar-refractivity contribution in [2.45, 2.75) is 25.2 Å². The van der Waals surface area contributed by atoms with E-state index in [0.29, 0.717) is 30.8 Å². The largest absolute Gasteiger partial charge is 0.465 e. The average Bonchev–Trinajstić information content (AvgIpc) is 2.78. The van der Waals surface area contributed by atoms with Gasteiger partial charge in [0.2, 0.25) is 0 Å². The number of piperidine rings is 1. The van der Waals surface area contributed by atoms with Crippen LogP contribution in [0.15, 0.2) is 48.5 Å². The van der Waals surface area contributed by atoms with Crippen molar-refractivity contribution < 1.29 is 23.8 Å². The lowest BCUT2D eigenvalue weighted by Crippen LogP contribution is -2.55. The minimum absolute atomic E-state index is 0.177. The Kier molecular flexibility index (Phi) is 7.13. The minimum atomic E-state index is -0.477. The lowest BCUT2D eigenvalue weighted by Gasteiger charge is -2.39. The summed E-state index contributed by atoms with van der Waals surface area (Å²) < 4.78 is 15.7. The molecule has 1 aliphatic rings. The van der Waals surface area contributed by atoms with Gasteiger partial charge in [-0.15, -0.1) is 0 Å². The van der Waals surface area contributed by atoms with Gasteiger partial charge in [-0.2, -0.15) is 0 Å². The summed E-state index contributed by atoms with van der Waals surface area (Å²) in [6, 6.07) is 14.6. The van der Waals surface area contributed by atoms with Crippen LogP contribution in [0.1, 0.15) is 22.3 Å². The SMILES string of the molecule is COC(=O)c1cc(N2CCC(NC(=O)OCc3ccccc3)C(OC)C2)ccc1N. The molecule has 1 amide bonds. The number of nitrogens with one attached hydrogen (secondary N) is 1. The van der Waals surface area contributed by atoms with Crippen LogP contribution >= 0.6 is 0 Å². The zero-order chi connectivity index (χ0) is 21.5. The van der Waals surface area contributed by atoms with E-state index in [9.17, 15) is 9.59 Å². The van der Waals surface area contributed by atoms with Crippen LogP contribution in [0, 0.1) is 0 Å². The lowest BCUT2D eigenvalue weighted by atomic mass is 10.0. The van der Waals surface area contributed by atoms with Gasteiger partial charge in [-0.1, -0.05) is 30.3 Å². The van der Waals surface area contributed by atoms with Crippen LogP contribution in [-0.2, 0) is 20.8 Å². The second-order valence-corrected chi connectivity index (χ2v) is 7.08. The van der Waals surface area contributed by atoms with E-state index in [1.54, 1.807) is 19.2 Å². The lowest BCUT2D eigenvalue weighted by molar-refractivity contribution is 0.0545. The fourth-order valence-electron chi connectivity index (χ4n) is 3.50. The van der Waals surface area contributed by atoms with Crippen molar-refractivity contribution in [3.8, 4) is 0 Å². The Morgan fingerprint density at radius 2 is 1.93 bits per heavy atom. The standard InChI is InChI=1S/C22H27N3O5/c1-28-20-13-25(16-8-9-18(23)17(12-16)21(26)29-2)11-10-19(20)24-22(27)30-14-15-6-4-3-5-7-15/h3-9,12,19-20H,10-11,13-14,23H2,1-2H3,(H,24,27). The highest BCUT2D eigenvalue weighted by Crippen LogP contribution is 2.26. The van der Waals surface area contributed by atoms with Crippen LogP contribution in [0.5, 0.6) is 0 Å². The number of ether oxygens (including phenoxy) is 3. The molecule has 8 nitrogen and oxygen atoms in total. The molecule has 2 aromatic rings. The van der Waals surface area contributed by atoms with Crippen LogP contribution in [0.25, 0.3) is 0 Å². The van der Waals surface area contributed by atoms with Crippen molar-refractivity contribution in [2.75, 3.05) is 37.9 Å². The Bertz CT molecular complexity index is 874. The quantitative estimate of drug-likeness (QED) is 0.554. The van der Waals surface area contributed by atoms with Gasteiger partial charge in [0.05, 0.1) is 24.8 Å². The van der Waals surface area contributed by atoms with Gasteiger partial charge < -0.3 is 30.2 Å². The molecule has 1 saturated heterocycles. The molecule has 1 fully saturated rings. The molecule has 2 atom stereocenters. The molecule has 0 spiro atoms. The van der Waals surface area contributed by atoms with Gasteiger partial charge in [-0.3, -0.25) is 0 Å². The Morgan fingerprint density at radius 1 is 1.17 bits per heavy atom. The van der Waals surface area contributed by atoms with Crippen LogP contribution in [0.2, 0.25) is 0 Å². The number of carbonyl (C=O) groups is 2. The number of anilines is 2. The second kappa shape index (κ2) is 9.98. The number of methoxy groups -OCH3 is 2. The first-order valence-electron chi connectivity index (χ1n) is 9.74. The van der Waals surface area contributed by atoms with Crippen molar-refractivity contribution in [3.63, 3.8) is 0 Å². The van der Waals surface area contributed by atoms with Crippen LogP contribution < -0.4 is 16.0 Å².